The minimum absolute atomic E-state index is 0.0191. The number of aliphatic imine (C=N–C) groups is 1. The molecule has 8 nitrogen and oxygen atoms in total. The number of hydrogen-bond donors (Lipinski definition) is 4. The van der Waals surface area contributed by atoms with Crippen molar-refractivity contribution in [3.05, 3.63) is 70.3 Å². The Kier molecular flexibility index (Phi) is 4.90. The van der Waals surface area contributed by atoms with Crippen LogP contribution in [0.25, 0.3) is 11.1 Å². The number of nitrogens with two attached hydrogens (primary N) is 2. The molecule has 8 heteroatoms. The molecule has 1 unspecified atom stereocenters. The fourth-order valence-corrected chi connectivity index (χ4v) is 3.71. The maximum absolute atomic E-state index is 9.52. The van der Waals surface area contributed by atoms with Gasteiger partial charge < -0.3 is 16.8 Å². The first-order valence-corrected chi connectivity index (χ1v) is 9.60. The molecule has 0 fully saturated rings. The molecular weight excluding hydrogens is 388 g/mol. The van der Waals surface area contributed by atoms with E-state index in [1.807, 2.05) is 36.5 Å². The lowest BCUT2D eigenvalue weighted by molar-refractivity contribution is 0.848. The van der Waals surface area contributed by atoms with Crippen LogP contribution in [-0.4, -0.2) is 10.9 Å². The number of nitrogen functional groups attached to an aromatic ring is 2. The average molecular weight is 408 g/mol. The Bertz CT molecular complexity index is 1310. The lowest BCUT2D eigenvalue weighted by Gasteiger charge is -2.27. The summed E-state index contributed by atoms with van der Waals surface area (Å²) in [6.45, 7) is 4.14. The molecule has 152 valence electrons. The van der Waals surface area contributed by atoms with Crippen LogP contribution >= 0.6 is 0 Å². The molecule has 2 heterocycles. The molecule has 3 aromatic rings. The van der Waals surface area contributed by atoms with Crippen molar-refractivity contribution >= 4 is 23.3 Å². The Morgan fingerprint density at radius 1 is 1.06 bits per heavy atom. The van der Waals surface area contributed by atoms with Crippen LogP contribution in [0.2, 0.25) is 0 Å². The number of guanidine groups is 1. The van der Waals surface area contributed by atoms with Gasteiger partial charge in [-0.3, -0.25) is 5.32 Å². The normalized spacial score (nSPS) is 14.5. The zero-order valence-corrected chi connectivity index (χ0v) is 17.1. The van der Waals surface area contributed by atoms with E-state index < -0.39 is 6.04 Å². The maximum atomic E-state index is 9.52. The molecule has 6 N–H and O–H groups in total. The topological polar surface area (TPSA) is 149 Å². The summed E-state index contributed by atoms with van der Waals surface area (Å²) in [5.74, 6) is 0.609. The first kappa shape index (κ1) is 19.7. The van der Waals surface area contributed by atoms with Gasteiger partial charge in [-0.15, -0.1) is 0 Å². The van der Waals surface area contributed by atoms with Crippen molar-refractivity contribution in [2.75, 3.05) is 16.8 Å². The van der Waals surface area contributed by atoms with Crippen LogP contribution in [0.5, 0.6) is 0 Å². The molecule has 31 heavy (non-hydrogen) atoms. The lowest BCUT2D eigenvalue weighted by atomic mass is 9.88. The number of fused-ring (bicyclic) bond motifs is 1. The smallest absolute Gasteiger partial charge is 0.211 e. The van der Waals surface area contributed by atoms with Gasteiger partial charge in [0.1, 0.15) is 29.3 Å². The molecule has 0 radical (unpaired) electrons. The van der Waals surface area contributed by atoms with Gasteiger partial charge in [0.2, 0.25) is 5.96 Å². The van der Waals surface area contributed by atoms with E-state index in [2.05, 4.69) is 52.7 Å². The summed E-state index contributed by atoms with van der Waals surface area (Å²) in [7, 11) is 0. The molecule has 0 amide bonds. The van der Waals surface area contributed by atoms with E-state index in [1.54, 1.807) is 0 Å². The minimum Gasteiger partial charge on any atom is -0.397 e. The van der Waals surface area contributed by atoms with Crippen LogP contribution in [0.4, 0.5) is 17.3 Å². The highest BCUT2D eigenvalue weighted by Gasteiger charge is 2.31. The predicted octanol–water partition coefficient (Wildman–Crippen LogP) is 3.34. The van der Waals surface area contributed by atoms with Gasteiger partial charge in [-0.1, -0.05) is 42.5 Å². The van der Waals surface area contributed by atoms with E-state index in [0.717, 1.165) is 16.7 Å². The molecule has 2 aromatic carbocycles. The van der Waals surface area contributed by atoms with Crippen molar-refractivity contribution in [2.45, 2.75) is 19.9 Å². The van der Waals surface area contributed by atoms with Gasteiger partial charge in [-0.25, -0.2) is 9.98 Å². The van der Waals surface area contributed by atoms with E-state index in [1.165, 1.54) is 11.1 Å². The first-order valence-electron chi connectivity index (χ1n) is 9.60. The highest BCUT2D eigenvalue weighted by molar-refractivity contribution is 5.98. The Hall–Kier alpha value is -4.56. The number of anilines is 3. The van der Waals surface area contributed by atoms with E-state index >= 15 is 0 Å². The van der Waals surface area contributed by atoms with Gasteiger partial charge in [0, 0.05) is 5.56 Å². The Morgan fingerprint density at radius 3 is 2.55 bits per heavy atom. The number of aromatic nitrogens is 1. The van der Waals surface area contributed by atoms with Gasteiger partial charge in [0.25, 0.3) is 0 Å². The summed E-state index contributed by atoms with van der Waals surface area (Å²) in [4.78, 5) is 8.99. The van der Waals surface area contributed by atoms with Crippen LogP contribution in [0.15, 0.2) is 47.5 Å². The van der Waals surface area contributed by atoms with Crippen molar-refractivity contribution in [2.24, 2.45) is 4.99 Å². The highest BCUT2D eigenvalue weighted by Crippen LogP contribution is 2.43. The second kappa shape index (κ2) is 7.69. The van der Waals surface area contributed by atoms with Crippen molar-refractivity contribution in [1.29, 1.82) is 10.5 Å². The predicted molar refractivity (Wildman–Crippen MR) is 121 cm³/mol. The Morgan fingerprint density at radius 2 is 1.84 bits per heavy atom. The highest BCUT2D eigenvalue weighted by atomic mass is 15.2. The average Bonchev–Trinajstić information content (AvgIpc) is 2.75. The first-order chi connectivity index (χ1) is 14.9. The molecule has 1 atom stereocenters. The SMILES string of the molecule is Cc1ccc(-c2ccccc2C2N=C(NC#N)Nc3nc(N)c(C#N)c(N)c32)cc1C. The third-order valence-electron chi connectivity index (χ3n) is 5.43. The maximum Gasteiger partial charge on any atom is 0.211 e. The molecule has 0 bridgehead atoms. The molecule has 1 aliphatic rings. The van der Waals surface area contributed by atoms with E-state index in [0.29, 0.717) is 11.4 Å². The zero-order valence-electron chi connectivity index (χ0n) is 17.1. The summed E-state index contributed by atoms with van der Waals surface area (Å²) >= 11 is 0. The number of rotatable bonds is 2. The van der Waals surface area contributed by atoms with Gasteiger partial charge in [-0.05, 0) is 41.7 Å². The summed E-state index contributed by atoms with van der Waals surface area (Å²) in [6.07, 6.45) is 1.87. The number of nitrogens with one attached hydrogen (secondary N) is 2. The zero-order chi connectivity index (χ0) is 22.1. The Balaban J connectivity index is 1.98. The van der Waals surface area contributed by atoms with Gasteiger partial charge in [0.05, 0.1) is 5.69 Å². The fraction of sp³-hybridized carbons (Fsp3) is 0.130. The summed E-state index contributed by atoms with van der Waals surface area (Å²) < 4.78 is 0. The summed E-state index contributed by atoms with van der Waals surface area (Å²) in [5.41, 5.74) is 18.4. The van der Waals surface area contributed by atoms with E-state index in [4.69, 9.17) is 16.7 Å². The van der Waals surface area contributed by atoms with E-state index in [-0.39, 0.29) is 23.0 Å². The number of nitrogens with zero attached hydrogens (tertiary/aromatic N) is 4. The largest absolute Gasteiger partial charge is 0.397 e. The molecule has 0 saturated heterocycles. The quantitative estimate of drug-likeness (QED) is 0.375. The van der Waals surface area contributed by atoms with Crippen LogP contribution < -0.4 is 22.1 Å². The fourth-order valence-electron chi connectivity index (χ4n) is 3.71. The standard InChI is InChI=1S/C23H20N8/c1-12-7-8-14(9-13(12)2)15-5-3-4-6-16(15)20-18-19(26)17(10-24)21(27)30-22(18)31-23(29-20)28-11-25/h3-9,20H,1-2H3,(H6,26,27,28,29,30,31). The molecule has 0 spiro atoms. The molecule has 0 saturated carbocycles. The Labute approximate surface area is 179 Å². The molecule has 1 aliphatic heterocycles. The monoisotopic (exact) mass is 408 g/mol. The molecule has 4 rings (SSSR count). The van der Waals surface area contributed by atoms with Crippen LogP contribution in [0, 0.1) is 36.6 Å². The van der Waals surface area contributed by atoms with E-state index in [9.17, 15) is 5.26 Å². The second-order valence-corrected chi connectivity index (χ2v) is 7.29. The van der Waals surface area contributed by atoms with Gasteiger partial charge in [-0.2, -0.15) is 10.5 Å². The van der Waals surface area contributed by atoms with Gasteiger partial charge in [0.15, 0.2) is 6.19 Å². The third kappa shape index (κ3) is 3.37. The minimum atomic E-state index is -0.592. The number of nitriles is 2. The van der Waals surface area contributed by atoms with Crippen molar-refractivity contribution in [3.8, 4) is 23.4 Å². The molecule has 1 aromatic heterocycles. The number of hydrogen-bond acceptors (Lipinski definition) is 8. The number of pyridine rings is 1. The summed E-state index contributed by atoms with van der Waals surface area (Å²) in [6, 6.07) is 15.5. The van der Waals surface area contributed by atoms with Crippen molar-refractivity contribution < 1.29 is 0 Å². The second-order valence-electron chi connectivity index (χ2n) is 7.29. The molecule has 0 aliphatic carbocycles. The van der Waals surface area contributed by atoms with Crippen LogP contribution in [0.3, 0.4) is 0 Å². The molecular formula is C23H20N8. The van der Waals surface area contributed by atoms with Crippen LogP contribution in [0.1, 0.15) is 33.9 Å². The van der Waals surface area contributed by atoms with Crippen LogP contribution in [-0.2, 0) is 0 Å². The third-order valence-corrected chi connectivity index (χ3v) is 5.43. The van der Waals surface area contributed by atoms with Crippen molar-refractivity contribution in [1.82, 2.24) is 10.3 Å². The summed E-state index contributed by atoms with van der Waals surface area (Å²) in [5, 5.41) is 24.1. The van der Waals surface area contributed by atoms with Crippen molar-refractivity contribution in [3.63, 3.8) is 0 Å². The van der Waals surface area contributed by atoms with Gasteiger partial charge >= 0.3 is 0 Å². The number of benzene rings is 2. The lowest BCUT2D eigenvalue weighted by Crippen LogP contribution is -2.32. The number of aryl methyl sites for hydroxylation is 2.